The molecule has 2 atom stereocenters. The first kappa shape index (κ1) is 22.3. The van der Waals surface area contributed by atoms with Crippen LogP contribution in [-0.2, 0) is 4.79 Å². The van der Waals surface area contributed by atoms with Gasteiger partial charge in [-0.1, -0.05) is 0 Å². The Bertz CT molecular complexity index is 1520. The number of aromatic nitrogens is 6. The number of carboxylic acid groups (broad SMARTS) is 1. The SMILES string of the molecule is O=C(O)[C@H]1C2CCC(CC2)[C@@H]1Nc1nc(-c2c[nH]c3ncc(F)cc23)nc(-c2cnn(C3CC3)c2)c1F. The minimum absolute atomic E-state index is 0.0540. The first-order valence-corrected chi connectivity index (χ1v) is 12.7. The highest BCUT2D eigenvalue weighted by molar-refractivity contribution is 5.92. The lowest BCUT2D eigenvalue weighted by Gasteiger charge is -2.47. The number of aliphatic carboxylic acids is 1. The Balaban J connectivity index is 1.36. The number of rotatable bonds is 6. The quantitative estimate of drug-likeness (QED) is 0.344. The standard InChI is InChI=1S/C26H25F2N7O2/c27-15-7-17-18(10-30-23(17)29-9-15)24-33-22(14-8-31-35(11-14)16-5-6-16)20(28)25(34-24)32-21-13-3-1-12(2-4-13)19(21)26(36)37/h7-13,16,19,21H,1-6H2,(H,29,30)(H,36,37)(H,32,33,34)/t12?,13?,19-,21-/m0/s1. The van der Waals surface area contributed by atoms with Crippen molar-refractivity contribution in [3.05, 3.63) is 42.5 Å². The molecule has 4 heterocycles. The van der Waals surface area contributed by atoms with Crippen molar-refractivity contribution in [2.24, 2.45) is 17.8 Å². The van der Waals surface area contributed by atoms with Crippen LogP contribution in [0.2, 0.25) is 0 Å². The van der Waals surface area contributed by atoms with Crippen LogP contribution in [0.5, 0.6) is 0 Å². The average molecular weight is 506 g/mol. The van der Waals surface area contributed by atoms with Crippen LogP contribution < -0.4 is 5.32 Å². The average Bonchev–Trinajstić information content (AvgIpc) is 3.48. The fourth-order valence-electron chi connectivity index (χ4n) is 6.19. The number of aromatic amines is 1. The van der Waals surface area contributed by atoms with E-state index in [0.29, 0.717) is 28.2 Å². The fourth-order valence-corrected chi connectivity index (χ4v) is 6.19. The molecule has 0 spiro atoms. The molecule has 190 valence electrons. The lowest BCUT2D eigenvalue weighted by Crippen LogP contribution is -2.51. The second-order valence-corrected chi connectivity index (χ2v) is 10.5. The molecule has 0 radical (unpaired) electrons. The molecule has 3 N–H and O–H groups in total. The summed E-state index contributed by atoms with van der Waals surface area (Å²) < 4.78 is 31.9. The zero-order valence-electron chi connectivity index (χ0n) is 19.9. The van der Waals surface area contributed by atoms with E-state index in [1.807, 2.05) is 4.68 Å². The summed E-state index contributed by atoms with van der Waals surface area (Å²) >= 11 is 0. The molecule has 0 amide bonds. The van der Waals surface area contributed by atoms with Crippen molar-refractivity contribution in [3.8, 4) is 22.6 Å². The molecule has 4 aromatic rings. The van der Waals surface area contributed by atoms with Gasteiger partial charge in [-0.25, -0.2) is 23.7 Å². The number of fused-ring (bicyclic) bond motifs is 4. The number of nitrogens with zero attached hydrogens (tertiary/aromatic N) is 5. The van der Waals surface area contributed by atoms with Gasteiger partial charge in [0.15, 0.2) is 17.5 Å². The maximum Gasteiger partial charge on any atom is 0.308 e. The van der Waals surface area contributed by atoms with Gasteiger partial charge in [-0.15, -0.1) is 0 Å². The van der Waals surface area contributed by atoms with E-state index in [2.05, 4.69) is 30.4 Å². The third-order valence-corrected chi connectivity index (χ3v) is 8.19. The topological polar surface area (TPSA) is 122 Å². The number of hydrogen-bond donors (Lipinski definition) is 3. The second-order valence-electron chi connectivity index (χ2n) is 10.5. The number of H-pyrrole nitrogens is 1. The summed E-state index contributed by atoms with van der Waals surface area (Å²) in [7, 11) is 0. The Labute approximate surface area is 210 Å². The monoisotopic (exact) mass is 505 g/mol. The highest BCUT2D eigenvalue weighted by atomic mass is 19.1. The van der Waals surface area contributed by atoms with Crippen LogP contribution in [0.1, 0.15) is 44.6 Å². The molecule has 0 unspecified atom stereocenters. The van der Waals surface area contributed by atoms with Crippen molar-refractivity contribution >= 4 is 22.8 Å². The molecule has 0 saturated heterocycles. The van der Waals surface area contributed by atoms with Crippen molar-refractivity contribution < 1.29 is 18.7 Å². The van der Waals surface area contributed by atoms with Crippen molar-refractivity contribution in [3.63, 3.8) is 0 Å². The molecule has 0 aliphatic heterocycles. The molecule has 8 rings (SSSR count). The summed E-state index contributed by atoms with van der Waals surface area (Å²) in [6.45, 7) is 0. The van der Waals surface area contributed by atoms with Gasteiger partial charge in [-0.3, -0.25) is 9.48 Å². The van der Waals surface area contributed by atoms with Crippen LogP contribution in [0.25, 0.3) is 33.7 Å². The molecule has 4 aromatic heterocycles. The van der Waals surface area contributed by atoms with Crippen molar-refractivity contribution in [2.75, 3.05) is 5.32 Å². The van der Waals surface area contributed by atoms with E-state index in [9.17, 15) is 14.3 Å². The van der Waals surface area contributed by atoms with Crippen LogP contribution in [0.15, 0.2) is 30.9 Å². The third kappa shape index (κ3) is 3.75. The molecule has 4 aliphatic rings. The maximum atomic E-state index is 16.1. The van der Waals surface area contributed by atoms with E-state index in [4.69, 9.17) is 0 Å². The molecule has 0 aromatic carbocycles. The first-order chi connectivity index (χ1) is 18.0. The van der Waals surface area contributed by atoms with Crippen LogP contribution in [0.4, 0.5) is 14.6 Å². The molecule has 4 fully saturated rings. The van der Waals surface area contributed by atoms with Gasteiger partial charge < -0.3 is 15.4 Å². The number of nitrogens with one attached hydrogen (secondary N) is 2. The summed E-state index contributed by atoms with van der Waals surface area (Å²) in [6, 6.07) is 1.21. The molecule has 11 heteroatoms. The largest absolute Gasteiger partial charge is 0.481 e. The van der Waals surface area contributed by atoms with Gasteiger partial charge in [0.1, 0.15) is 17.2 Å². The van der Waals surface area contributed by atoms with E-state index in [1.54, 1.807) is 18.6 Å². The summed E-state index contributed by atoms with van der Waals surface area (Å²) in [4.78, 5) is 28.3. The normalized spacial score (nSPS) is 25.0. The van der Waals surface area contributed by atoms with Crippen LogP contribution >= 0.6 is 0 Å². The van der Waals surface area contributed by atoms with E-state index in [0.717, 1.165) is 44.7 Å². The van der Waals surface area contributed by atoms with Gasteiger partial charge in [0, 0.05) is 34.9 Å². The summed E-state index contributed by atoms with van der Waals surface area (Å²) in [6.07, 6.45) is 11.7. The Kier molecular flexibility index (Phi) is 5.02. The predicted molar refractivity (Wildman–Crippen MR) is 131 cm³/mol. The Morgan fingerprint density at radius 3 is 2.62 bits per heavy atom. The molecule has 4 saturated carbocycles. The summed E-state index contributed by atoms with van der Waals surface area (Å²) in [5.74, 6) is -2.34. The van der Waals surface area contributed by atoms with Gasteiger partial charge in [-0.2, -0.15) is 5.10 Å². The molecular weight excluding hydrogens is 480 g/mol. The maximum absolute atomic E-state index is 16.1. The minimum Gasteiger partial charge on any atom is -0.481 e. The molecule has 4 aliphatic carbocycles. The Morgan fingerprint density at radius 1 is 1.08 bits per heavy atom. The van der Waals surface area contributed by atoms with Gasteiger partial charge in [0.05, 0.1) is 24.4 Å². The van der Waals surface area contributed by atoms with Gasteiger partial charge in [-0.05, 0) is 56.4 Å². The Morgan fingerprint density at radius 2 is 1.86 bits per heavy atom. The number of carboxylic acids is 1. The zero-order valence-corrected chi connectivity index (χ0v) is 19.9. The second kappa shape index (κ2) is 8.32. The predicted octanol–water partition coefficient (Wildman–Crippen LogP) is 4.80. The highest BCUT2D eigenvalue weighted by Gasteiger charge is 2.47. The minimum atomic E-state index is -0.870. The van der Waals surface area contributed by atoms with E-state index >= 15 is 4.39 Å². The molecule has 37 heavy (non-hydrogen) atoms. The van der Waals surface area contributed by atoms with Gasteiger partial charge in [0.2, 0.25) is 0 Å². The number of carbonyl (C=O) groups is 1. The first-order valence-electron chi connectivity index (χ1n) is 12.7. The van der Waals surface area contributed by atoms with Crippen molar-refractivity contribution in [1.82, 2.24) is 29.7 Å². The summed E-state index contributed by atoms with van der Waals surface area (Å²) in [5, 5.41) is 18.0. The Hall–Kier alpha value is -3.89. The van der Waals surface area contributed by atoms with Gasteiger partial charge >= 0.3 is 5.97 Å². The van der Waals surface area contributed by atoms with Crippen molar-refractivity contribution in [2.45, 2.75) is 50.6 Å². The van der Waals surface area contributed by atoms with Crippen LogP contribution in [0, 0.1) is 29.4 Å². The lowest BCUT2D eigenvalue weighted by molar-refractivity contribution is -0.148. The number of anilines is 1. The van der Waals surface area contributed by atoms with E-state index in [-0.39, 0.29) is 29.2 Å². The van der Waals surface area contributed by atoms with Gasteiger partial charge in [0.25, 0.3) is 0 Å². The molecular formula is C26H25F2N7O2. The molecule has 9 nitrogen and oxygen atoms in total. The van der Waals surface area contributed by atoms with Crippen LogP contribution in [-0.4, -0.2) is 46.8 Å². The summed E-state index contributed by atoms with van der Waals surface area (Å²) in [5.41, 5.74) is 1.49. The molecule has 2 bridgehead atoms. The van der Waals surface area contributed by atoms with Crippen molar-refractivity contribution in [1.29, 1.82) is 0 Å². The highest BCUT2D eigenvalue weighted by Crippen LogP contribution is 2.47. The van der Waals surface area contributed by atoms with E-state index < -0.39 is 29.6 Å². The van der Waals surface area contributed by atoms with E-state index in [1.165, 1.54) is 6.07 Å². The lowest BCUT2D eigenvalue weighted by atomic mass is 9.61. The third-order valence-electron chi connectivity index (χ3n) is 8.19. The van der Waals surface area contributed by atoms with Crippen LogP contribution in [0.3, 0.4) is 0 Å². The number of halogens is 2. The zero-order chi connectivity index (χ0) is 25.3. The fraction of sp³-hybridized carbons (Fsp3) is 0.423. The smallest absolute Gasteiger partial charge is 0.308 e. The number of hydrogen-bond acceptors (Lipinski definition) is 6. The number of pyridine rings is 1.